The van der Waals surface area contributed by atoms with Crippen molar-refractivity contribution in [2.45, 2.75) is 27.4 Å². The molecule has 4 amide bonds. The first kappa shape index (κ1) is 25.5. The number of carbonyl (C=O) groups excluding carboxylic acids is 3. The van der Waals surface area contributed by atoms with Crippen LogP contribution in [-0.2, 0) is 16.2 Å². The van der Waals surface area contributed by atoms with E-state index >= 15 is 0 Å². The van der Waals surface area contributed by atoms with Gasteiger partial charge in [0.05, 0.1) is 18.9 Å². The predicted molar refractivity (Wildman–Crippen MR) is 140 cm³/mol. The van der Waals surface area contributed by atoms with Crippen molar-refractivity contribution >= 4 is 29.6 Å². The van der Waals surface area contributed by atoms with Crippen molar-refractivity contribution in [1.82, 2.24) is 5.32 Å². The zero-order valence-electron chi connectivity index (χ0n) is 20.9. The van der Waals surface area contributed by atoms with Gasteiger partial charge < -0.3 is 14.2 Å². The number of benzene rings is 3. The molecule has 37 heavy (non-hydrogen) atoms. The van der Waals surface area contributed by atoms with Gasteiger partial charge in [0, 0.05) is 0 Å². The first-order valence-electron chi connectivity index (χ1n) is 12.0. The maximum Gasteiger partial charge on any atom is 0.335 e. The van der Waals surface area contributed by atoms with Gasteiger partial charge in [-0.25, -0.2) is 9.69 Å². The first-order chi connectivity index (χ1) is 17.9. The van der Waals surface area contributed by atoms with E-state index in [1.54, 1.807) is 42.5 Å². The van der Waals surface area contributed by atoms with E-state index < -0.39 is 17.8 Å². The van der Waals surface area contributed by atoms with E-state index in [0.717, 1.165) is 10.5 Å². The van der Waals surface area contributed by atoms with Crippen LogP contribution in [0.15, 0.2) is 72.3 Å². The number of barbiturate groups is 1. The van der Waals surface area contributed by atoms with E-state index in [-0.39, 0.29) is 5.57 Å². The fraction of sp³-hybridized carbons (Fsp3) is 0.207. The van der Waals surface area contributed by atoms with E-state index in [2.05, 4.69) is 5.32 Å². The molecule has 1 N–H and O–H groups in total. The Balaban J connectivity index is 1.58. The third-order valence-electron chi connectivity index (χ3n) is 5.60. The number of hydrogen-bond donors (Lipinski definition) is 1. The van der Waals surface area contributed by atoms with Crippen LogP contribution < -0.4 is 24.4 Å². The van der Waals surface area contributed by atoms with Crippen molar-refractivity contribution in [2.24, 2.45) is 0 Å². The molecule has 190 valence electrons. The van der Waals surface area contributed by atoms with Gasteiger partial charge in [-0.05, 0) is 74.4 Å². The molecule has 1 heterocycles. The summed E-state index contributed by atoms with van der Waals surface area (Å²) < 4.78 is 17.1. The van der Waals surface area contributed by atoms with Crippen molar-refractivity contribution in [2.75, 3.05) is 18.1 Å². The molecule has 0 saturated carbocycles. The summed E-state index contributed by atoms with van der Waals surface area (Å²) in [5, 5.41) is 2.23. The summed E-state index contributed by atoms with van der Waals surface area (Å²) in [6.45, 7) is 6.99. The number of nitrogens with zero attached hydrogens (tertiary/aromatic N) is 1. The molecular formula is C29H28N2O6. The molecule has 0 atom stereocenters. The Morgan fingerprint density at radius 2 is 1.51 bits per heavy atom. The maximum absolute atomic E-state index is 13.2. The van der Waals surface area contributed by atoms with Gasteiger partial charge in [-0.3, -0.25) is 14.9 Å². The molecule has 3 aromatic rings. The number of carbonyl (C=O) groups is 3. The van der Waals surface area contributed by atoms with E-state index in [9.17, 15) is 14.4 Å². The molecule has 0 spiro atoms. The van der Waals surface area contributed by atoms with Gasteiger partial charge in [0.1, 0.15) is 17.9 Å². The number of nitrogens with one attached hydrogen (secondary N) is 1. The van der Waals surface area contributed by atoms with Crippen molar-refractivity contribution in [1.29, 1.82) is 0 Å². The Morgan fingerprint density at radius 3 is 2.19 bits per heavy atom. The molecule has 0 aliphatic carbocycles. The van der Waals surface area contributed by atoms with Crippen LogP contribution in [-0.4, -0.2) is 31.1 Å². The molecule has 0 unspecified atom stereocenters. The summed E-state index contributed by atoms with van der Waals surface area (Å²) in [4.78, 5) is 39.2. The van der Waals surface area contributed by atoms with Gasteiger partial charge in [-0.15, -0.1) is 0 Å². The van der Waals surface area contributed by atoms with Crippen molar-refractivity contribution in [3.8, 4) is 17.2 Å². The molecule has 0 radical (unpaired) electrons. The number of ether oxygens (including phenoxy) is 3. The highest BCUT2D eigenvalue weighted by molar-refractivity contribution is 6.39. The fourth-order valence-corrected chi connectivity index (χ4v) is 3.76. The summed E-state index contributed by atoms with van der Waals surface area (Å²) in [5.41, 5.74) is 2.87. The number of imide groups is 2. The van der Waals surface area contributed by atoms with Gasteiger partial charge in [0.2, 0.25) is 0 Å². The Kier molecular flexibility index (Phi) is 7.88. The third kappa shape index (κ3) is 5.98. The molecule has 1 saturated heterocycles. The van der Waals surface area contributed by atoms with Crippen LogP contribution in [0.5, 0.6) is 17.2 Å². The summed E-state index contributed by atoms with van der Waals surface area (Å²) in [5.74, 6) is 0.128. The minimum Gasteiger partial charge on any atom is -0.494 e. The molecule has 1 aliphatic rings. The number of hydrogen-bond acceptors (Lipinski definition) is 6. The SMILES string of the molecule is CCOc1ccc(N2C(=O)NC(=O)/C(=C/c3ccc(OCc4ccc(C)cc4)c(OCC)c3)C2=O)cc1. The Hall–Kier alpha value is -4.59. The summed E-state index contributed by atoms with van der Waals surface area (Å²) in [6, 6.07) is 18.8. The molecule has 0 aromatic heterocycles. The average Bonchev–Trinajstić information content (AvgIpc) is 2.88. The highest BCUT2D eigenvalue weighted by atomic mass is 16.5. The lowest BCUT2D eigenvalue weighted by Gasteiger charge is -2.26. The van der Waals surface area contributed by atoms with Crippen LogP contribution in [0.25, 0.3) is 6.08 Å². The van der Waals surface area contributed by atoms with E-state index in [4.69, 9.17) is 14.2 Å². The van der Waals surface area contributed by atoms with Crippen molar-refractivity contribution < 1.29 is 28.6 Å². The molecule has 8 heteroatoms. The summed E-state index contributed by atoms with van der Waals surface area (Å²) in [7, 11) is 0. The van der Waals surface area contributed by atoms with Gasteiger partial charge in [0.25, 0.3) is 11.8 Å². The number of amides is 4. The van der Waals surface area contributed by atoms with Crippen LogP contribution >= 0.6 is 0 Å². The van der Waals surface area contributed by atoms with Gasteiger partial charge >= 0.3 is 6.03 Å². The van der Waals surface area contributed by atoms with Crippen LogP contribution in [0.2, 0.25) is 0 Å². The molecule has 4 rings (SSSR count). The Morgan fingerprint density at radius 1 is 0.811 bits per heavy atom. The van der Waals surface area contributed by atoms with Crippen LogP contribution in [0.3, 0.4) is 0 Å². The number of aryl methyl sites for hydroxylation is 1. The number of urea groups is 1. The second kappa shape index (κ2) is 11.4. The molecule has 8 nitrogen and oxygen atoms in total. The summed E-state index contributed by atoms with van der Waals surface area (Å²) in [6.07, 6.45) is 1.43. The molecule has 1 aliphatic heterocycles. The molecule has 1 fully saturated rings. The van der Waals surface area contributed by atoms with Crippen LogP contribution in [0.1, 0.15) is 30.5 Å². The predicted octanol–water partition coefficient (Wildman–Crippen LogP) is 5.04. The lowest BCUT2D eigenvalue weighted by atomic mass is 10.1. The van der Waals surface area contributed by atoms with E-state index in [1.807, 2.05) is 45.0 Å². The topological polar surface area (TPSA) is 94.2 Å². The minimum atomic E-state index is -0.814. The zero-order valence-corrected chi connectivity index (χ0v) is 20.9. The Labute approximate surface area is 215 Å². The second-order valence-electron chi connectivity index (χ2n) is 8.30. The third-order valence-corrected chi connectivity index (χ3v) is 5.60. The Bertz CT molecular complexity index is 1330. The molecule has 3 aromatic carbocycles. The average molecular weight is 501 g/mol. The minimum absolute atomic E-state index is 0.177. The smallest absolute Gasteiger partial charge is 0.335 e. The lowest BCUT2D eigenvalue weighted by Crippen LogP contribution is -2.54. The van der Waals surface area contributed by atoms with Crippen molar-refractivity contribution in [3.05, 3.63) is 89.0 Å². The number of rotatable bonds is 9. The zero-order chi connectivity index (χ0) is 26.4. The molecular weight excluding hydrogens is 472 g/mol. The highest BCUT2D eigenvalue weighted by Crippen LogP contribution is 2.31. The maximum atomic E-state index is 13.2. The quantitative estimate of drug-likeness (QED) is 0.327. The lowest BCUT2D eigenvalue weighted by molar-refractivity contribution is -0.122. The van der Waals surface area contributed by atoms with Crippen molar-refractivity contribution in [3.63, 3.8) is 0 Å². The summed E-state index contributed by atoms with van der Waals surface area (Å²) >= 11 is 0. The second-order valence-corrected chi connectivity index (χ2v) is 8.30. The van der Waals surface area contributed by atoms with E-state index in [1.165, 1.54) is 11.6 Å². The van der Waals surface area contributed by atoms with Gasteiger partial charge in [-0.2, -0.15) is 0 Å². The monoisotopic (exact) mass is 500 g/mol. The van der Waals surface area contributed by atoms with Crippen LogP contribution in [0, 0.1) is 6.92 Å². The molecule has 0 bridgehead atoms. The first-order valence-corrected chi connectivity index (χ1v) is 12.0. The largest absolute Gasteiger partial charge is 0.494 e. The highest BCUT2D eigenvalue weighted by Gasteiger charge is 2.36. The normalized spacial score (nSPS) is 14.5. The fourth-order valence-electron chi connectivity index (χ4n) is 3.76. The standard InChI is InChI=1S/C29H28N2O6/c1-4-35-23-13-11-22(12-14-23)31-28(33)24(27(32)30-29(31)34)16-21-10-15-25(26(17-21)36-5-2)37-18-20-8-6-19(3)7-9-20/h6-17H,4-5,18H2,1-3H3,(H,30,32,34)/b24-16-. The number of anilines is 1. The van der Waals surface area contributed by atoms with Gasteiger partial charge in [-0.1, -0.05) is 35.9 Å². The van der Waals surface area contributed by atoms with Gasteiger partial charge in [0.15, 0.2) is 11.5 Å². The van der Waals surface area contributed by atoms with Crippen LogP contribution in [0.4, 0.5) is 10.5 Å². The van der Waals surface area contributed by atoms with E-state index in [0.29, 0.717) is 48.3 Å².